The lowest BCUT2D eigenvalue weighted by Gasteiger charge is -2.27. The van der Waals surface area contributed by atoms with Gasteiger partial charge in [-0.2, -0.15) is 0 Å². The lowest BCUT2D eigenvalue weighted by Crippen LogP contribution is -2.21. The molecule has 3 rings (SSSR count). The number of carbonyl (C=O) groups excluding carboxylic acids is 1. The summed E-state index contributed by atoms with van der Waals surface area (Å²) in [5, 5.41) is 17.0. The van der Waals surface area contributed by atoms with E-state index < -0.39 is 10.8 Å². The summed E-state index contributed by atoms with van der Waals surface area (Å²) >= 11 is 0. The molecule has 0 radical (unpaired) electrons. The fraction of sp³-hybridized carbons (Fsp3) is 0.345. The normalized spacial score (nSPS) is 12.7. The van der Waals surface area contributed by atoms with Crippen LogP contribution in [0.3, 0.4) is 0 Å². The Labute approximate surface area is 211 Å². The van der Waals surface area contributed by atoms with E-state index >= 15 is 0 Å². The molecule has 1 unspecified atom stereocenters. The van der Waals surface area contributed by atoms with Crippen molar-refractivity contribution in [2.24, 2.45) is 0 Å². The van der Waals surface area contributed by atoms with Crippen molar-refractivity contribution < 1.29 is 14.1 Å². The Morgan fingerprint density at radius 1 is 0.829 bits per heavy atom. The molecule has 0 spiro atoms. The molecule has 6 heteroatoms. The summed E-state index contributed by atoms with van der Waals surface area (Å²) in [7, 11) is -1.47. The van der Waals surface area contributed by atoms with Crippen molar-refractivity contribution in [1.29, 1.82) is 0 Å². The van der Waals surface area contributed by atoms with Crippen molar-refractivity contribution in [3.8, 4) is 5.75 Å². The molecule has 35 heavy (non-hydrogen) atoms. The zero-order chi connectivity index (χ0) is 25.8. The summed E-state index contributed by atoms with van der Waals surface area (Å²) in [6.07, 6.45) is 0. The van der Waals surface area contributed by atoms with Crippen LogP contribution in [0.2, 0.25) is 0 Å². The van der Waals surface area contributed by atoms with Crippen LogP contribution in [0.1, 0.15) is 58.2 Å². The van der Waals surface area contributed by atoms with Crippen LogP contribution in [0.15, 0.2) is 66.7 Å². The van der Waals surface area contributed by atoms with Crippen LogP contribution in [0.4, 0.5) is 17.1 Å². The highest BCUT2D eigenvalue weighted by molar-refractivity contribution is 7.85. The molecule has 3 aromatic rings. The predicted molar refractivity (Wildman–Crippen MR) is 147 cm³/mol. The zero-order valence-corrected chi connectivity index (χ0v) is 22.3. The minimum Gasteiger partial charge on any atom is -0.507 e. The molecule has 0 aliphatic heterocycles. The Morgan fingerprint density at radius 3 is 1.97 bits per heavy atom. The van der Waals surface area contributed by atoms with Crippen molar-refractivity contribution in [1.82, 2.24) is 0 Å². The number of hydrogen-bond donors (Lipinski definition) is 3. The number of benzene rings is 3. The van der Waals surface area contributed by atoms with Crippen LogP contribution in [0, 0.1) is 0 Å². The van der Waals surface area contributed by atoms with E-state index in [1.54, 1.807) is 12.1 Å². The lowest BCUT2D eigenvalue weighted by atomic mass is 9.79. The highest BCUT2D eigenvalue weighted by Crippen LogP contribution is 2.38. The van der Waals surface area contributed by atoms with Gasteiger partial charge in [0.15, 0.2) is 0 Å². The first-order valence-electron chi connectivity index (χ1n) is 11.8. The maximum Gasteiger partial charge on any atom is 0.237 e. The molecule has 5 nitrogen and oxygen atoms in total. The van der Waals surface area contributed by atoms with Gasteiger partial charge in [0.1, 0.15) is 11.5 Å². The standard InChI is InChI=1S/C29H36N2O3S/c1-28(2,3)21-16-20(27(33)25(17-21)29(4,5)6)18-35(34)19-26(32)31-24-14-12-23(13-15-24)30-22-10-8-7-9-11-22/h7-17,30,33H,18-19H2,1-6H3,(H,31,32). The molecule has 0 bridgehead atoms. The second kappa shape index (κ2) is 10.6. The lowest BCUT2D eigenvalue weighted by molar-refractivity contribution is -0.113. The molecular weight excluding hydrogens is 456 g/mol. The number of para-hydroxylation sites is 1. The van der Waals surface area contributed by atoms with Crippen LogP contribution in [0.5, 0.6) is 5.75 Å². The van der Waals surface area contributed by atoms with Gasteiger partial charge in [-0.25, -0.2) is 0 Å². The zero-order valence-electron chi connectivity index (χ0n) is 21.4. The molecule has 3 aromatic carbocycles. The third kappa shape index (κ3) is 7.43. The van der Waals surface area contributed by atoms with Gasteiger partial charge in [0.2, 0.25) is 5.91 Å². The third-order valence-electron chi connectivity index (χ3n) is 5.70. The Kier molecular flexibility index (Phi) is 8.06. The molecule has 186 valence electrons. The van der Waals surface area contributed by atoms with Crippen molar-refractivity contribution in [3.63, 3.8) is 0 Å². The minimum absolute atomic E-state index is 0.117. The molecule has 0 fully saturated rings. The van der Waals surface area contributed by atoms with Crippen LogP contribution in [-0.4, -0.2) is 21.0 Å². The van der Waals surface area contributed by atoms with Gasteiger partial charge in [-0.3, -0.25) is 9.00 Å². The Balaban J connectivity index is 1.66. The minimum atomic E-state index is -1.47. The summed E-state index contributed by atoms with van der Waals surface area (Å²) in [5.41, 5.74) is 4.65. The number of phenolic OH excluding ortho intramolecular Hbond substituents is 1. The van der Waals surface area contributed by atoms with Crippen molar-refractivity contribution in [2.45, 2.75) is 58.1 Å². The average Bonchev–Trinajstić information content (AvgIpc) is 2.75. The third-order valence-corrected chi connectivity index (χ3v) is 6.92. The number of rotatable bonds is 7. The van der Waals surface area contributed by atoms with Crippen LogP contribution >= 0.6 is 0 Å². The predicted octanol–water partition coefficient (Wildman–Crippen LogP) is 6.62. The number of aromatic hydroxyl groups is 1. The molecule has 0 heterocycles. The number of anilines is 3. The quantitative estimate of drug-likeness (QED) is 0.346. The maximum absolute atomic E-state index is 12.9. The molecule has 1 amide bonds. The smallest absolute Gasteiger partial charge is 0.237 e. The van der Waals surface area contributed by atoms with E-state index in [1.165, 1.54) is 0 Å². The SMILES string of the molecule is CC(C)(C)c1cc(CS(=O)CC(=O)Nc2ccc(Nc3ccccc3)cc2)c(O)c(C(C)(C)C)c1. The summed E-state index contributed by atoms with van der Waals surface area (Å²) in [6.45, 7) is 12.5. The molecule has 0 saturated heterocycles. The van der Waals surface area contributed by atoms with Crippen LogP contribution in [-0.2, 0) is 32.2 Å². The van der Waals surface area contributed by atoms with Gasteiger partial charge in [0.05, 0.1) is 5.75 Å². The monoisotopic (exact) mass is 492 g/mol. The van der Waals surface area contributed by atoms with E-state index in [9.17, 15) is 14.1 Å². The van der Waals surface area contributed by atoms with E-state index in [0.29, 0.717) is 11.3 Å². The van der Waals surface area contributed by atoms with E-state index in [0.717, 1.165) is 22.5 Å². The highest BCUT2D eigenvalue weighted by atomic mass is 32.2. The van der Waals surface area contributed by atoms with Crippen molar-refractivity contribution >= 4 is 33.8 Å². The van der Waals surface area contributed by atoms with Gasteiger partial charge < -0.3 is 15.7 Å². The summed E-state index contributed by atoms with van der Waals surface area (Å²) in [6, 6.07) is 21.1. The Bertz CT molecular complexity index is 1190. The van der Waals surface area contributed by atoms with Gasteiger partial charge >= 0.3 is 0 Å². The van der Waals surface area contributed by atoms with E-state index in [2.05, 4.69) is 31.4 Å². The Hall–Kier alpha value is -3.12. The first kappa shape index (κ1) is 26.5. The molecule has 0 aliphatic rings. The second-order valence-electron chi connectivity index (χ2n) is 10.9. The number of hydrogen-bond acceptors (Lipinski definition) is 4. The van der Waals surface area contributed by atoms with Crippen molar-refractivity contribution in [3.05, 3.63) is 83.4 Å². The topological polar surface area (TPSA) is 78.4 Å². The fourth-order valence-corrected chi connectivity index (χ4v) is 4.74. The average molecular weight is 493 g/mol. The maximum atomic E-state index is 12.9. The Morgan fingerprint density at radius 2 is 1.40 bits per heavy atom. The summed E-state index contributed by atoms with van der Waals surface area (Å²) in [4.78, 5) is 12.5. The molecule has 0 aliphatic carbocycles. The van der Waals surface area contributed by atoms with Gasteiger partial charge in [0, 0.05) is 33.4 Å². The van der Waals surface area contributed by atoms with Crippen LogP contribution in [0.25, 0.3) is 0 Å². The molecule has 0 saturated carbocycles. The largest absolute Gasteiger partial charge is 0.507 e. The van der Waals surface area contributed by atoms with Crippen molar-refractivity contribution in [2.75, 3.05) is 16.4 Å². The number of carbonyl (C=O) groups is 1. The first-order valence-corrected chi connectivity index (χ1v) is 13.3. The van der Waals surface area contributed by atoms with Crippen LogP contribution < -0.4 is 10.6 Å². The highest BCUT2D eigenvalue weighted by Gasteiger charge is 2.25. The van der Waals surface area contributed by atoms with E-state index in [4.69, 9.17) is 0 Å². The van der Waals surface area contributed by atoms with E-state index in [-0.39, 0.29) is 34.0 Å². The number of amides is 1. The van der Waals surface area contributed by atoms with Gasteiger partial charge in [-0.1, -0.05) is 71.9 Å². The summed E-state index contributed by atoms with van der Waals surface area (Å²) < 4.78 is 12.9. The second-order valence-corrected chi connectivity index (χ2v) is 12.3. The molecule has 0 aromatic heterocycles. The van der Waals surface area contributed by atoms with Gasteiger partial charge in [-0.05, 0) is 58.4 Å². The van der Waals surface area contributed by atoms with Gasteiger partial charge in [-0.15, -0.1) is 0 Å². The van der Waals surface area contributed by atoms with E-state index in [1.807, 2.05) is 75.4 Å². The number of nitrogens with one attached hydrogen (secondary N) is 2. The van der Waals surface area contributed by atoms with Gasteiger partial charge in [0.25, 0.3) is 0 Å². The number of phenols is 1. The summed E-state index contributed by atoms with van der Waals surface area (Å²) in [5.74, 6) is -0.185. The molecular formula is C29H36N2O3S. The first-order chi connectivity index (χ1) is 16.3. The fourth-order valence-electron chi connectivity index (χ4n) is 3.70. The molecule has 1 atom stereocenters. The molecule has 3 N–H and O–H groups in total.